The van der Waals surface area contributed by atoms with E-state index in [-0.39, 0.29) is 18.4 Å². The van der Waals surface area contributed by atoms with Crippen LogP contribution in [0.5, 0.6) is 5.75 Å². The number of nitrogens with zero attached hydrogens (tertiary/aromatic N) is 4. The zero-order valence-electron chi connectivity index (χ0n) is 18.2. The second-order valence-electron chi connectivity index (χ2n) is 8.41. The van der Waals surface area contributed by atoms with Crippen molar-refractivity contribution in [3.63, 3.8) is 0 Å². The van der Waals surface area contributed by atoms with Crippen molar-refractivity contribution in [1.82, 2.24) is 19.6 Å². The van der Waals surface area contributed by atoms with Crippen molar-refractivity contribution in [2.24, 2.45) is 0 Å². The molecular formula is C25H26N4O3. The third kappa shape index (κ3) is 4.10. The van der Waals surface area contributed by atoms with Gasteiger partial charge in [-0.05, 0) is 48.2 Å². The number of aromatic nitrogens is 2. The van der Waals surface area contributed by atoms with Crippen molar-refractivity contribution >= 4 is 11.8 Å². The average Bonchev–Trinajstić information content (AvgIpc) is 3.25. The van der Waals surface area contributed by atoms with Crippen molar-refractivity contribution in [2.45, 2.75) is 33.0 Å². The molecule has 0 bridgehead atoms. The lowest BCUT2D eigenvalue weighted by Gasteiger charge is -2.28. The Bertz CT molecular complexity index is 1170. The van der Waals surface area contributed by atoms with Crippen LogP contribution in [0.3, 0.4) is 0 Å². The van der Waals surface area contributed by atoms with E-state index in [1.807, 2.05) is 59.0 Å². The van der Waals surface area contributed by atoms with Gasteiger partial charge in [0, 0.05) is 19.6 Å². The van der Waals surface area contributed by atoms with Crippen molar-refractivity contribution in [1.29, 1.82) is 0 Å². The molecule has 1 aromatic heterocycles. The Kier molecular flexibility index (Phi) is 5.39. The topological polar surface area (TPSA) is 67.7 Å². The van der Waals surface area contributed by atoms with Crippen LogP contribution in [0.15, 0.2) is 54.6 Å². The molecule has 5 rings (SSSR count). The van der Waals surface area contributed by atoms with Gasteiger partial charge in [-0.1, -0.05) is 36.4 Å². The average molecular weight is 431 g/mol. The van der Waals surface area contributed by atoms with Crippen molar-refractivity contribution < 1.29 is 14.3 Å². The maximum absolute atomic E-state index is 13.1. The highest BCUT2D eigenvalue weighted by atomic mass is 16.5. The minimum absolute atomic E-state index is 0.00341. The normalized spacial score (nSPS) is 15.2. The highest BCUT2D eigenvalue weighted by Gasteiger charge is 2.27. The maximum atomic E-state index is 13.1. The first kappa shape index (κ1) is 20.3. The predicted molar refractivity (Wildman–Crippen MR) is 119 cm³/mol. The van der Waals surface area contributed by atoms with Gasteiger partial charge in [0.2, 0.25) is 0 Å². The number of fused-ring (bicyclic) bond motifs is 2. The third-order valence-electron chi connectivity index (χ3n) is 6.14. The fourth-order valence-corrected chi connectivity index (χ4v) is 4.36. The second kappa shape index (κ2) is 8.49. The number of ether oxygens (including phenoxy) is 1. The number of rotatable bonds is 4. The summed E-state index contributed by atoms with van der Waals surface area (Å²) in [6.07, 6.45) is 0.860. The predicted octanol–water partition coefficient (Wildman–Crippen LogP) is 2.81. The molecule has 2 aliphatic heterocycles. The second-order valence-corrected chi connectivity index (χ2v) is 8.41. The molecular weight excluding hydrogens is 404 g/mol. The quantitative estimate of drug-likeness (QED) is 0.638. The highest BCUT2D eigenvalue weighted by Crippen LogP contribution is 2.21. The Balaban J connectivity index is 1.22. The van der Waals surface area contributed by atoms with Crippen LogP contribution in [0.25, 0.3) is 0 Å². The third-order valence-corrected chi connectivity index (χ3v) is 6.14. The van der Waals surface area contributed by atoms with E-state index < -0.39 is 0 Å². The van der Waals surface area contributed by atoms with Gasteiger partial charge < -0.3 is 14.5 Å². The zero-order valence-corrected chi connectivity index (χ0v) is 18.2. The van der Waals surface area contributed by atoms with Gasteiger partial charge in [0.05, 0.1) is 18.8 Å². The Hall–Kier alpha value is -3.61. The summed E-state index contributed by atoms with van der Waals surface area (Å²) < 4.78 is 7.51. The smallest absolute Gasteiger partial charge is 0.274 e. The number of benzene rings is 2. The van der Waals surface area contributed by atoms with Crippen LogP contribution in [0.4, 0.5) is 0 Å². The van der Waals surface area contributed by atoms with Crippen molar-refractivity contribution in [3.8, 4) is 5.75 Å². The molecule has 2 aliphatic rings. The Morgan fingerprint density at radius 3 is 2.62 bits per heavy atom. The van der Waals surface area contributed by atoms with Crippen LogP contribution in [0.2, 0.25) is 0 Å². The molecule has 2 aromatic carbocycles. The van der Waals surface area contributed by atoms with Gasteiger partial charge in [-0.3, -0.25) is 14.3 Å². The number of amides is 2. The Morgan fingerprint density at radius 2 is 1.78 bits per heavy atom. The largest absolute Gasteiger partial charge is 0.484 e. The lowest BCUT2D eigenvalue weighted by Crippen LogP contribution is -2.40. The number of hydrogen-bond acceptors (Lipinski definition) is 4. The van der Waals surface area contributed by atoms with Crippen LogP contribution in [-0.4, -0.2) is 51.1 Å². The first-order chi connectivity index (χ1) is 15.6. The molecule has 0 saturated heterocycles. The molecule has 0 saturated carbocycles. The highest BCUT2D eigenvalue weighted by molar-refractivity contribution is 5.92. The Labute approximate surface area is 187 Å². The first-order valence-corrected chi connectivity index (χ1v) is 11.0. The monoisotopic (exact) mass is 430 g/mol. The fraction of sp³-hybridized carbons (Fsp3) is 0.320. The maximum Gasteiger partial charge on any atom is 0.274 e. The molecule has 164 valence electrons. The summed E-state index contributed by atoms with van der Waals surface area (Å²) in [6.45, 7) is 4.84. The molecule has 0 fully saturated rings. The van der Waals surface area contributed by atoms with Gasteiger partial charge in [0.15, 0.2) is 12.3 Å². The number of aryl methyl sites for hydroxylation is 1. The molecule has 7 heteroatoms. The van der Waals surface area contributed by atoms with E-state index in [1.54, 1.807) is 4.90 Å². The SMILES string of the molecule is Cc1cccc(OCC(=O)N2CCn3nc(C(=O)N4CCc5ccccc5C4)cc3C2)c1. The molecule has 0 unspecified atom stereocenters. The summed E-state index contributed by atoms with van der Waals surface area (Å²) in [6, 6.07) is 17.7. The van der Waals surface area contributed by atoms with E-state index in [4.69, 9.17) is 4.74 Å². The summed E-state index contributed by atoms with van der Waals surface area (Å²) in [5.74, 6) is 0.568. The molecule has 2 amide bonds. The van der Waals surface area contributed by atoms with Crippen LogP contribution in [-0.2, 0) is 30.8 Å². The summed E-state index contributed by atoms with van der Waals surface area (Å²) in [7, 11) is 0. The van der Waals surface area contributed by atoms with Crippen LogP contribution < -0.4 is 4.74 Å². The minimum atomic E-state index is -0.0699. The van der Waals surface area contributed by atoms with E-state index in [0.717, 1.165) is 17.7 Å². The lowest BCUT2D eigenvalue weighted by molar-refractivity contribution is -0.134. The summed E-state index contributed by atoms with van der Waals surface area (Å²) in [5, 5.41) is 4.54. The van der Waals surface area contributed by atoms with Gasteiger partial charge >= 0.3 is 0 Å². The van der Waals surface area contributed by atoms with Crippen molar-refractivity contribution in [3.05, 3.63) is 82.7 Å². The fourth-order valence-electron chi connectivity index (χ4n) is 4.36. The van der Waals surface area contributed by atoms with Crippen LogP contribution >= 0.6 is 0 Å². The standard InChI is InChI=1S/C25H26N4O3/c1-18-5-4-8-22(13-18)32-17-24(30)27-11-12-29-21(16-27)14-23(26-29)25(31)28-10-9-19-6-2-3-7-20(19)15-28/h2-8,13-14H,9-12,15-17H2,1H3. The molecule has 32 heavy (non-hydrogen) atoms. The van der Waals surface area contributed by atoms with Gasteiger partial charge in [0.25, 0.3) is 11.8 Å². The minimum Gasteiger partial charge on any atom is -0.484 e. The lowest BCUT2D eigenvalue weighted by atomic mass is 10.00. The molecule has 3 heterocycles. The van der Waals surface area contributed by atoms with E-state index in [9.17, 15) is 9.59 Å². The molecule has 7 nitrogen and oxygen atoms in total. The summed E-state index contributed by atoms with van der Waals surface area (Å²) >= 11 is 0. The van der Waals surface area contributed by atoms with E-state index >= 15 is 0 Å². The van der Waals surface area contributed by atoms with Gasteiger partial charge in [-0.25, -0.2) is 0 Å². The van der Waals surface area contributed by atoms with E-state index in [2.05, 4.69) is 17.2 Å². The number of carbonyl (C=O) groups is 2. The van der Waals surface area contributed by atoms with Crippen LogP contribution in [0, 0.1) is 6.92 Å². The Morgan fingerprint density at radius 1 is 0.938 bits per heavy atom. The molecule has 0 atom stereocenters. The number of carbonyl (C=O) groups excluding carboxylic acids is 2. The molecule has 0 spiro atoms. The van der Waals surface area contributed by atoms with Gasteiger partial charge in [-0.2, -0.15) is 5.10 Å². The van der Waals surface area contributed by atoms with Crippen LogP contribution in [0.1, 0.15) is 32.9 Å². The van der Waals surface area contributed by atoms with E-state index in [0.29, 0.717) is 44.2 Å². The molecule has 0 N–H and O–H groups in total. The zero-order chi connectivity index (χ0) is 22.1. The molecule has 0 aliphatic carbocycles. The summed E-state index contributed by atoms with van der Waals surface area (Å²) in [4.78, 5) is 29.4. The van der Waals surface area contributed by atoms with Gasteiger partial charge in [-0.15, -0.1) is 0 Å². The summed E-state index contributed by atoms with van der Waals surface area (Å²) in [5.41, 5.74) is 4.92. The first-order valence-electron chi connectivity index (χ1n) is 11.0. The molecule has 0 radical (unpaired) electrons. The number of hydrogen-bond donors (Lipinski definition) is 0. The molecule has 3 aromatic rings. The van der Waals surface area contributed by atoms with Gasteiger partial charge in [0.1, 0.15) is 5.75 Å². The van der Waals surface area contributed by atoms with E-state index in [1.165, 1.54) is 11.1 Å². The van der Waals surface area contributed by atoms with Crippen molar-refractivity contribution in [2.75, 3.05) is 19.7 Å².